The number of nitrogens with one attached hydrogen (secondary N) is 1. The van der Waals surface area contributed by atoms with E-state index in [4.69, 9.17) is 0 Å². The maximum absolute atomic E-state index is 12.0. The van der Waals surface area contributed by atoms with Crippen LogP contribution in [0.25, 0.3) is 5.65 Å². The van der Waals surface area contributed by atoms with Crippen LogP contribution < -0.4 is 11.0 Å². The lowest BCUT2D eigenvalue weighted by Gasteiger charge is -2.09. The molecule has 1 aliphatic rings. The van der Waals surface area contributed by atoms with Crippen LogP contribution in [-0.4, -0.2) is 46.1 Å². The Morgan fingerprint density at radius 1 is 1.43 bits per heavy atom. The van der Waals surface area contributed by atoms with Gasteiger partial charge < -0.3 is 5.32 Å². The third-order valence-electron chi connectivity index (χ3n) is 3.38. The maximum atomic E-state index is 12.0. The van der Waals surface area contributed by atoms with Gasteiger partial charge in [0.05, 0.1) is 11.5 Å². The summed E-state index contributed by atoms with van der Waals surface area (Å²) in [6, 6.07) is 4.73. The Kier molecular flexibility index (Phi) is 3.28. The van der Waals surface area contributed by atoms with Gasteiger partial charge in [0.2, 0.25) is 5.91 Å². The molecule has 1 unspecified atom stereocenters. The first-order valence-electron chi connectivity index (χ1n) is 6.49. The maximum Gasteiger partial charge on any atom is 0.350 e. The largest absolute Gasteiger partial charge is 0.351 e. The summed E-state index contributed by atoms with van der Waals surface area (Å²) < 4.78 is 25.1. The molecule has 1 N–H and O–H groups in total. The number of fused-ring (bicyclic) bond motifs is 1. The molecule has 1 saturated heterocycles. The average molecular weight is 310 g/mol. The molecule has 0 aromatic carbocycles. The fourth-order valence-corrected chi connectivity index (χ4v) is 4.06. The van der Waals surface area contributed by atoms with Gasteiger partial charge in [-0.25, -0.2) is 17.9 Å². The van der Waals surface area contributed by atoms with Gasteiger partial charge in [-0.3, -0.25) is 9.20 Å². The van der Waals surface area contributed by atoms with Gasteiger partial charge in [0.1, 0.15) is 6.54 Å². The number of aromatic nitrogens is 3. The zero-order valence-electron chi connectivity index (χ0n) is 11.1. The van der Waals surface area contributed by atoms with Crippen LogP contribution in [0.3, 0.4) is 0 Å². The number of carbonyl (C=O) groups is 1. The summed E-state index contributed by atoms with van der Waals surface area (Å²) in [7, 11) is -3.05. The molecule has 1 fully saturated rings. The first-order valence-corrected chi connectivity index (χ1v) is 8.31. The molecule has 0 aliphatic carbocycles. The van der Waals surface area contributed by atoms with Crippen molar-refractivity contribution in [2.24, 2.45) is 0 Å². The third-order valence-corrected chi connectivity index (χ3v) is 5.15. The molecule has 0 saturated carbocycles. The zero-order valence-corrected chi connectivity index (χ0v) is 11.9. The van der Waals surface area contributed by atoms with Crippen molar-refractivity contribution >= 4 is 21.4 Å². The average Bonchev–Trinajstić information content (AvgIpc) is 2.91. The molecule has 1 atom stereocenters. The van der Waals surface area contributed by atoms with Crippen molar-refractivity contribution in [2.45, 2.75) is 19.0 Å². The van der Waals surface area contributed by atoms with E-state index in [1.807, 2.05) is 0 Å². The number of amides is 1. The lowest BCUT2D eigenvalue weighted by molar-refractivity contribution is -0.122. The van der Waals surface area contributed by atoms with E-state index in [-0.39, 0.29) is 24.1 Å². The molecule has 1 aliphatic heterocycles. The molecule has 2 aromatic heterocycles. The number of nitrogens with zero attached hydrogens (tertiary/aromatic N) is 3. The van der Waals surface area contributed by atoms with Gasteiger partial charge in [-0.1, -0.05) is 6.07 Å². The topological polar surface area (TPSA) is 103 Å². The highest BCUT2D eigenvalue weighted by Gasteiger charge is 2.29. The van der Waals surface area contributed by atoms with Crippen LogP contribution in [0.2, 0.25) is 0 Å². The summed E-state index contributed by atoms with van der Waals surface area (Å²) in [5, 5.41) is 6.67. The van der Waals surface area contributed by atoms with E-state index in [1.165, 1.54) is 4.40 Å². The van der Waals surface area contributed by atoms with Crippen LogP contribution in [0.4, 0.5) is 0 Å². The second-order valence-corrected chi connectivity index (χ2v) is 7.27. The first kappa shape index (κ1) is 13.8. The van der Waals surface area contributed by atoms with Crippen LogP contribution in [0.15, 0.2) is 29.2 Å². The van der Waals surface area contributed by atoms with Crippen molar-refractivity contribution in [3.63, 3.8) is 0 Å². The number of carbonyl (C=O) groups excluding carboxylic acids is 1. The Hall–Kier alpha value is -2.16. The number of pyridine rings is 1. The summed E-state index contributed by atoms with van der Waals surface area (Å²) in [5.41, 5.74) is 0.0542. The molecule has 0 bridgehead atoms. The number of rotatable bonds is 3. The summed E-state index contributed by atoms with van der Waals surface area (Å²) >= 11 is 0. The lowest BCUT2D eigenvalue weighted by Crippen LogP contribution is -2.39. The van der Waals surface area contributed by atoms with Gasteiger partial charge in [0.15, 0.2) is 15.5 Å². The second-order valence-electron chi connectivity index (χ2n) is 5.04. The molecule has 0 spiro atoms. The van der Waals surface area contributed by atoms with E-state index in [9.17, 15) is 18.0 Å². The molecule has 9 heteroatoms. The normalized spacial score (nSPS) is 20.7. The van der Waals surface area contributed by atoms with Crippen molar-refractivity contribution in [1.29, 1.82) is 0 Å². The Labute approximate surface area is 120 Å². The summed E-state index contributed by atoms with van der Waals surface area (Å²) in [6.07, 6.45) is 1.98. The second kappa shape index (κ2) is 4.99. The molecule has 1 amide bonds. The molecule has 8 nitrogen and oxygen atoms in total. The van der Waals surface area contributed by atoms with Crippen molar-refractivity contribution in [1.82, 2.24) is 19.5 Å². The predicted molar refractivity (Wildman–Crippen MR) is 74.7 cm³/mol. The van der Waals surface area contributed by atoms with Crippen molar-refractivity contribution < 1.29 is 13.2 Å². The molecular formula is C12H14N4O4S. The Morgan fingerprint density at radius 2 is 2.24 bits per heavy atom. The summed E-state index contributed by atoms with van der Waals surface area (Å²) in [4.78, 5) is 23.9. The number of hydrogen-bond acceptors (Lipinski definition) is 5. The third kappa shape index (κ3) is 2.82. The van der Waals surface area contributed by atoms with Crippen LogP contribution in [0, 0.1) is 0 Å². The molecule has 3 rings (SSSR count). The first-order chi connectivity index (χ1) is 9.94. The lowest BCUT2D eigenvalue weighted by atomic mass is 10.2. The van der Waals surface area contributed by atoms with Crippen LogP contribution >= 0.6 is 0 Å². The smallest absolute Gasteiger partial charge is 0.350 e. The fraction of sp³-hybridized carbons (Fsp3) is 0.417. The fourth-order valence-electron chi connectivity index (χ4n) is 2.39. The van der Waals surface area contributed by atoms with E-state index >= 15 is 0 Å². The molecule has 21 heavy (non-hydrogen) atoms. The van der Waals surface area contributed by atoms with E-state index in [1.54, 1.807) is 24.4 Å². The van der Waals surface area contributed by atoms with Crippen LogP contribution in [0.5, 0.6) is 0 Å². The van der Waals surface area contributed by atoms with Crippen LogP contribution in [0.1, 0.15) is 6.42 Å². The zero-order chi connectivity index (χ0) is 15.0. The van der Waals surface area contributed by atoms with Gasteiger partial charge in [0.25, 0.3) is 0 Å². The minimum absolute atomic E-state index is 0.0429. The van der Waals surface area contributed by atoms with Crippen molar-refractivity contribution in [3.05, 3.63) is 34.9 Å². The molecule has 3 heterocycles. The number of hydrogen-bond donors (Lipinski definition) is 1. The highest BCUT2D eigenvalue weighted by molar-refractivity contribution is 7.91. The van der Waals surface area contributed by atoms with E-state index < -0.39 is 21.4 Å². The van der Waals surface area contributed by atoms with Gasteiger partial charge in [-0.2, -0.15) is 0 Å². The van der Waals surface area contributed by atoms with E-state index in [0.29, 0.717) is 12.1 Å². The van der Waals surface area contributed by atoms with Gasteiger partial charge in [-0.05, 0) is 18.6 Å². The van der Waals surface area contributed by atoms with Crippen molar-refractivity contribution in [3.8, 4) is 0 Å². The Balaban J connectivity index is 1.72. The summed E-state index contributed by atoms with van der Waals surface area (Å²) in [6.45, 7) is -0.225. The predicted octanol–water partition coefficient (Wildman–Crippen LogP) is -1.20. The van der Waals surface area contributed by atoms with Gasteiger partial charge in [-0.15, -0.1) is 5.10 Å². The molecule has 2 aromatic rings. The van der Waals surface area contributed by atoms with Gasteiger partial charge in [0, 0.05) is 12.2 Å². The van der Waals surface area contributed by atoms with E-state index in [2.05, 4.69) is 10.4 Å². The summed E-state index contributed by atoms with van der Waals surface area (Å²) in [5.74, 6) is -0.368. The SMILES string of the molecule is O=C(Cn1nc2ccccn2c1=O)NC1CCS(=O)(=O)C1. The van der Waals surface area contributed by atoms with Crippen LogP contribution in [-0.2, 0) is 21.2 Å². The molecule has 112 valence electrons. The highest BCUT2D eigenvalue weighted by atomic mass is 32.2. The molecular weight excluding hydrogens is 296 g/mol. The Morgan fingerprint density at radius 3 is 2.90 bits per heavy atom. The molecule has 0 radical (unpaired) electrons. The van der Waals surface area contributed by atoms with Gasteiger partial charge >= 0.3 is 5.69 Å². The highest BCUT2D eigenvalue weighted by Crippen LogP contribution is 2.11. The standard InChI is InChI=1S/C12H14N4O4S/c17-11(13-9-4-6-21(19,20)8-9)7-16-12(18)15-5-2-1-3-10(15)14-16/h1-3,5,9H,4,6-8H2,(H,13,17). The minimum Gasteiger partial charge on any atom is -0.351 e. The quantitative estimate of drug-likeness (QED) is 0.767. The monoisotopic (exact) mass is 310 g/mol. The van der Waals surface area contributed by atoms with Crippen molar-refractivity contribution in [2.75, 3.05) is 11.5 Å². The Bertz CT molecular complexity index is 852. The number of sulfone groups is 1. The minimum atomic E-state index is -3.05. The van der Waals surface area contributed by atoms with E-state index in [0.717, 1.165) is 4.68 Å².